The second-order valence-corrected chi connectivity index (χ2v) is 4.28. The first-order chi connectivity index (χ1) is 8.47. The van der Waals surface area contributed by atoms with E-state index in [1.165, 1.54) is 6.07 Å². The second-order valence-electron chi connectivity index (χ2n) is 3.47. The standard InChI is InChI=1S/C11H7BrF3N3/c1-5-16-8(12)4-9(17-5)18-7-3-2-6(13)10(14)11(7)15/h2-4H,1H3,(H,16,17,18). The lowest BCUT2D eigenvalue weighted by Gasteiger charge is -2.08. The van der Waals surface area contributed by atoms with Crippen LogP contribution in [0.2, 0.25) is 0 Å². The van der Waals surface area contributed by atoms with E-state index in [0.717, 1.165) is 12.1 Å². The fourth-order valence-corrected chi connectivity index (χ4v) is 1.83. The van der Waals surface area contributed by atoms with Gasteiger partial charge in [0.05, 0.1) is 5.69 Å². The smallest absolute Gasteiger partial charge is 0.196 e. The highest BCUT2D eigenvalue weighted by atomic mass is 79.9. The van der Waals surface area contributed by atoms with Gasteiger partial charge >= 0.3 is 0 Å². The summed E-state index contributed by atoms with van der Waals surface area (Å²) in [5, 5.41) is 2.56. The Hall–Kier alpha value is -1.63. The van der Waals surface area contributed by atoms with Crippen molar-refractivity contribution in [3.05, 3.63) is 46.1 Å². The molecule has 18 heavy (non-hydrogen) atoms. The topological polar surface area (TPSA) is 37.8 Å². The number of nitrogens with one attached hydrogen (secondary N) is 1. The molecule has 0 spiro atoms. The molecule has 0 amide bonds. The zero-order valence-electron chi connectivity index (χ0n) is 9.14. The van der Waals surface area contributed by atoms with Crippen molar-refractivity contribution in [2.75, 3.05) is 5.32 Å². The zero-order valence-corrected chi connectivity index (χ0v) is 10.7. The maximum atomic E-state index is 13.4. The van der Waals surface area contributed by atoms with Crippen LogP contribution in [-0.4, -0.2) is 9.97 Å². The molecule has 0 bridgehead atoms. The summed E-state index contributed by atoms with van der Waals surface area (Å²) in [6.45, 7) is 1.65. The molecule has 0 saturated heterocycles. The maximum absolute atomic E-state index is 13.4. The summed E-state index contributed by atoms with van der Waals surface area (Å²) in [7, 11) is 0. The van der Waals surface area contributed by atoms with Crippen molar-refractivity contribution in [3.8, 4) is 0 Å². The Morgan fingerprint density at radius 2 is 1.83 bits per heavy atom. The average molecular weight is 318 g/mol. The Balaban J connectivity index is 2.37. The van der Waals surface area contributed by atoms with Crippen LogP contribution in [0.3, 0.4) is 0 Å². The van der Waals surface area contributed by atoms with Gasteiger partial charge < -0.3 is 5.32 Å². The molecule has 0 radical (unpaired) electrons. The summed E-state index contributed by atoms with van der Waals surface area (Å²) in [6, 6.07) is 3.43. The van der Waals surface area contributed by atoms with Gasteiger partial charge in [0.1, 0.15) is 16.2 Å². The van der Waals surface area contributed by atoms with Crippen molar-refractivity contribution in [1.29, 1.82) is 0 Å². The number of rotatable bonds is 2. The molecule has 2 rings (SSSR count). The van der Waals surface area contributed by atoms with Crippen LogP contribution < -0.4 is 5.32 Å². The van der Waals surface area contributed by atoms with E-state index in [-0.39, 0.29) is 11.5 Å². The predicted octanol–water partition coefficient (Wildman–Crippen LogP) is 3.71. The number of aromatic nitrogens is 2. The molecule has 3 nitrogen and oxygen atoms in total. The third-order valence-electron chi connectivity index (χ3n) is 2.10. The van der Waals surface area contributed by atoms with Crippen molar-refractivity contribution in [3.63, 3.8) is 0 Å². The van der Waals surface area contributed by atoms with E-state index in [4.69, 9.17) is 0 Å². The lowest BCUT2D eigenvalue weighted by atomic mass is 10.3. The third kappa shape index (κ3) is 2.61. The van der Waals surface area contributed by atoms with Gasteiger partial charge in [0.2, 0.25) is 0 Å². The first-order valence-electron chi connectivity index (χ1n) is 4.89. The Bertz CT molecular complexity index is 584. The largest absolute Gasteiger partial charge is 0.338 e. The molecular formula is C11H7BrF3N3. The molecule has 0 unspecified atom stereocenters. The fourth-order valence-electron chi connectivity index (χ4n) is 1.36. The highest BCUT2D eigenvalue weighted by Gasteiger charge is 2.14. The van der Waals surface area contributed by atoms with E-state index in [9.17, 15) is 13.2 Å². The van der Waals surface area contributed by atoms with Crippen molar-refractivity contribution >= 4 is 27.4 Å². The number of hydrogen-bond acceptors (Lipinski definition) is 3. The van der Waals surface area contributed by atoms with E-state index in [0.29, 0.717) is 10.4 Å². The van der Waals surface area contributed by atoms with Crippen molar-refractivity contribution in [2.24, 2.45) is 0 Å². The van der Waals surface area contributed by atoms with Gasteiger partial charge in [-0.3, -0.25) is 0 Å². The minimum Gasteiger partial charge on any atom is -0.338 e. The number of benzene rings is 1. The van der Waals surface area contributed by atoms with Gasteiger partial charge in [-0.05, 0) is 35.0 Å². The SMILES string of the molecule is Cc1nc(Br)cc(Nc2ccc(F)c(F)c2F)n1. The Morgan fingerprint density at radius 1 is 1.11 bits per heavy atom. The monoisotopic (exact) mass is 317 g/mol. The molecule has 1 N–H and O–H groups in total. The van der Waals surface area contributed by atoms with Crippen molar-refractivity contribution in [1.82, 2.24) is 9.97 Å². The van der Waals surface area contributed by atoms with Crippen LogP contribution in [0, 0.1) is 24.4 Å². The van der Waals surface area contributed by atoms with Crippen molar-refractivity contribution < 1.29 is 13.2 Å². The van der Waals surface area contributed by atoms with Gasteiger partial charge in [-0.25, -0.2) is 23.1 Å². The van der Waals surface area contributed by atoms with E-state index < -0.39 is 17.5 Å². The zero-order chi connectivity index (χ0) is 13.3. The third-order valence-corrected chi connectivity index (χ3v) is 2.51. The van der Waals surface area contributed by atoms with Gasteiger partial charge in [-0.2, -0.15) is 0 Å². The molecule has 0 saturated carbocycles. The van der Waals surface area contributed by atoms with Gasteiger partial charge in [0.15, 0.2) is 17.5 Å². The summed E-state index contributed by atoms with van der Waals surface area (Å²) in [6.07, 6.45) is 0. The number of halogens is 4. The summed E-state index contributed by atoms with van der Waals surface area (Å²) in [5.74, 6) is -3.32. The minimum atomic E-state index is -1.52. The van der Waals surface area contributed by atoms with Gasteiger partial charge in [-0.1, -0.05) is 0 Å². The average Bonchev–Trinajstić information content (AvgIpc) is 2.29. The highest BCUT2D eigenvalue weighted by molar-refractivity contribution is 9.10. The second kappa shape index (κ2) is 4.93. The molecule has 1 heterocycles. The van der Waals surface area contributed by atoms with Crippen LogP contribution >= 0.6 is 15.9 Å². The van der Waals surface area contributed by atoms with Crippen LogP contribution in [0.1, 0.15) is 5.82 Å². The fraction of sp³-hybridized carbons (Fsp3) is 0.0909. The number of aryl methyl sites for hydroxylation is 1. The molecule has 0 aliphatic heterocycles. The molecule has 1 aromatic carbocycles. The maximum Gasteiger partial charge on any atom is 0.196 e. The van der Waals surface area contributed by atoms with Crippen LogP contribution in [0.25, 0.3) is 0 Å². The van der Waals surface area contributed by atoms with E-state index >= 15 is 0 Å². The first kappa shape index (κ1) is 12.8. The van der Waals surface area contributed by atoms with Gasteiger partial charge in [0, 0.05) is 6.07 Å². The lowest BCUT2D eigenvalue weighted by molar-refractivity contribution is 0.449. The number of nitrogens with zero attached hydrogens (tertiary/aromatic N) is 2. The summed E-state index contributed by atoms with van der Waals surface area (Å²) in [4.78, 5) is 7.96. The lowest BCUT2D eigenvalue weighted by Crippen LogP contribution is -2.01. The molecule has 0 fully saturated rings. The van der Waals surface area contributed by atoms with E-state index in [1.54, 1.807) is 6.92 Å². The Labute approximate surface area is 109 Å². The number of anilines is 2. The van der Waals surface area contributed by atoms with Gasteiger partial charge in [-0.15, -0.1) is 0 Å². The van der Waals surface area contributed by atoms with Crippen LogP contribution in [0.4, 0.5) is 24.7 Å². The molecule has 2 aromatic rings. The van der Waals surface area contributed by atoms with Gasteiger partial charge in [0.25, 0.3) is 0 Å². The Morgan fingerprint density at radius 3 is 2.50 bits per heavy atom. The molecule has 7 heteroatoms. The molecule has 1 aromatic heterocycles. The van der Waals surface area contributed by atoms with Crippen LogP contribution in [-0.2, 0) is 0 Å². The molecular weight excluding hydrogens is 311 g/mol. The van der Waals surface area contributed by atoms with E-state index in [2.05, 4.69) is 31.2 Å². The van der Waals surface area contributed by atoms with Crippen LogP contribution in [0.5, 0.6) is 0 Å². The predicted molar refractivity (Wildman–Crippen MR) is 64.1 cm³/mol. The molecule has 0 aliphatic carbocycles. The quantitative estimate of drug-likeness (QED) is 0.677. The summed E-state index contributed by atoms with van der Waals surface area (Å²) in [5.41, 5.74) is -0.195. The minimum absolute atomic E-state index is 0.195. The first-order valence-corrected chi connectivity index (χ1v) is 5.68. The molecule has 0 aliphatic rings. The van der Waals surface area contributed by atoms with Crippen molar-refractivity contribution in [2.45, 2.75) is 6.92 Å². The normalized spacial score (nSPS) is 10.5. The highest BCUT2D eigenvalue weighted by Crippen LogP contribution is 2.23. The van der Waals surface area contributed by atoms with Crippen LogP contribution in [0.15, 0.2) is 22.8 Å². The van der Waals surface area contributed by atoms with E-state index in [1.807, 2.05) is 0 Å². The molecule has 0 atom stereocenters. The summed E-state index contributed by atoms with van der Waals surface area (Å²) < 4.78 is 39.7. The number of hydrogen-bond donors (Lipinski definition) is 1. The Kier molecular flexibility index (Phi) is 3.51. The summed E-state index contributed by atoms with van der Waals surface area (Å²) >= 11 is 3.15. The molecule has 94 valence electrons.